The number of amides is 2. The van der Waals surface area contributed by atoms with E-state index in [0.717, 1.165) is 5.69 Å². The molecule has 2 aliphatic rings. The van der Waals surface area contributed by atoms with Crippen LogP contribution in [0.3, 0.4) is 0 Å². The number of likely N-dealkylation sites (tertiary alicyclic amines) is 1. The van der Waals surface area contributed by atoms with E-state index < -0.39 is 23.9 Å². The number of hydrogen-bond acceptors (Lipinski definition) is 5. The predicted molar refractivity (Wildman–Crippen MR) is 94.8 cm³/mol. The second-order valence-corrected chi connectivity index (χ2v) is 7.31. The third kappa shape index (κ3) is 3.96. The molecule has 3 heterocycles. The van der Waals surface area contributed by atoms with E-state index in [1.54, 1.807) is 9.80 Å². The number of rotatable bonds is 3. The molecule has 7 nitrogen and oxygen atoms in total. The van der Waals surface area contributed by atoms with E-state index in [9.17, 15) is 22.8 Å². The van der Waals surface area contributed by atoms with Gasteiger partial charge in [-0.3, -0.25) is 9.59 Å². The molecule has 2 atom stereocenters. The number of aromatic nitrogens is 2. The van der Waals surface area contributed by atoms with Crippen molar-refractivity contribution in [2.45, 2.75) is 31.4 Å². The molecule has 1 aromatic heterocycles. The molecule has 154 valence electrons. The highest BCUT2D eigenvalue weighted by Gasteiger charge is 2.41. The maximum atomic E-state index is 13.0. The lowest BCUT2D eigenvalue weighted by atomic mass is 9.96. The Hall–Kier alpha value is -2.91. The number of alkyl halides is 3. The Morgan fingerprint density at radius 3 is 2.59 bits per heavy atom. The monoisotopic (exact) mass is 408 g/mol. The minimum Gasteiger partial charge on any atom is -0.417 e. The Balaban J connectivity index is 1.43. The van der Waals surface area contributed by atoms with Gasteiger partial charge in [0.1, 0.15) is 0 Å². The summed E-state index contributed by atoms with van der Waals surface area (Å²) in [4.78, 5) is 28.5. The Labute approximate surface area is 164 Å². The molecule has 0 saturated carbocycles. The van der Waals surface area contributed by atoms with E-state index in [2.05, 4.69) is 10.2 Å². The molecule has 29 heavy (non-hydrogen) atoms. The topological polar surface area (TPSA) is 79.5 Å². The molecule has 10 heteroatoms. The standard InChI is InChI=1S/C19H19F3N4O3/c20-19(21,22)18-24-23-16(29-18)12-5-4-8-25(10-12)17(28)13-9-15(27)26(11-13)14-6-2-1-3-7-14/h1-3,6-7,12-13H,4-5,8-11H2. The van der Waals surface area contributed by atoms with Crippen molar-refractivity contribution in [2.24, 2.45) is 5.92 Å². The minimum absolute atomic E-state index is 0.108. The molecule has 0 spiro atoms. The Morgan fingerprint density at radius 2 is 1.90 bits per heavy atom. The summed E-state index contributed by atoms with van der Waals surface area (Å²) >= 11 is 0. The van der Waals surface area contributed by atoms with Crippen molar-refractivity contribution in [3.8, 4) is 0 Å². The second-order valence-electron chi connectivity index (χ2n) is 7.31. The van der Waals surface area contributed by atoms with E-state index in [4.69, 9.17) is 4.42 Å². The van der Waals surface area contributed by atoms with Crippen LogP contribution in [-0.4, -0.2) is 46.5 Å². The van der Waals surface area contributed by atoms with E-state index in [1.165, 1.54) is 0 Å². The molecule has 0 aliphatic carbocycles. The molecule has 0 radical (unpaired) electrons. The summed E-state index contributed by atoms with van der Waals surface area (Å²) in [6.07, 6.45) is -3.40. The SMILES string of the molecule is O=C(C1CC(=O)N(c2ccccc2)C1)N1CCCC(c2nnc(C(F)(F)F)o2)C1. The summed E-state index contributed by atoms with van der Waals surface area (Å²) in [5, 5.41) is 6.59. The first-order valence-electron chi connectivity index (χ1n) is 9.37. The summed E-state index contributed by atoms with van der Waals surface area (Å²) in [6.45, 7) is 0.988. The molecular weight excluding hydrogens is 389 g/mol. The fourth-order valence-corrected chi connectivity index (χ4v) is 3.88. The van der Waals surface area contributed by atoms with Gasteiger partial charge in [0.25, 0.3) is 0 Å². The van der Waals surface area contributed by atoms with Gasteiger partial charge in [0.15, 0.2) is 0 Å². The lowest BCUT2D eigenvalue weighted by Crippen LogP contribution is -2.43. The van der Waals surface area contributed by atoms with E-state index in [1.807, 2.05) is 30.3 Å². The highest BCUT2D eigenvalue weighted by atomic mass is 19.4. The van der Waals surface area contributed by atoms with Gasteiger partial charge in [0, 0.05) is 31.7 Å². The average Bonchev–Trinajstić information content (AvgIpc) is 3.35. The zero-order valence-corrected chi connectivity index (χ0v) is 15.4. The highest BCUT2D eigenvalue weighted by Crippen LogP contribution is 2.33. The number of halogens is 3. The molecule has 2 saturated heterocycles. The fraction of sp³-hybridized carbons (Fsp3) is 0.474. The number of para-hydroxylation sites is 1. The zero-order chi connectivity index (χ0) is 20.6. The third-order valence-electron chi connectivity index (χ3n) is 5.31. The molecule has 2 amide bonds. The van der Waals surface area contributed by atoms with Gasteiger partial charge in [-0.25, -0.2) is 0 Å². The van der Waals surface area contributed by atoms with Gasteiger partial charge in [0.05, 0.1) is 11.8 Å². The van der Waals surface area contributed by atoms with Crippen LogP contribution in [-0.2, 0) is 15.8 Å². The molecule has 2 aromatic rings. The van der Waals surface area contributed by atoms with Gasteiger partial charge in [-0.15, -0.1) is 10.2 Å². The number of nitrogens with zero attached hydrogens (tertiary/aromatic N) is 4. The van der Waals surface area contributed by atoms with Crippen molar-refractivity contribution in [3.05, 3.63) is 42.1 Å². The van der Waals surface area contributed by atoms with Gasteiger partial charge < -0.3 is 14.2 Å². The largest absolute Gasteiger partial charge is 0.470 e. The van der Waals surface area contributed by atoms with Crippen LogP contribution in [0.4, 0.5) is 18.9 Å². The van der Waals surface area contributed by atoms with Crippen LogP contribution in [0.2, 0.25) is 0 Å². The normalized spacial score (nSPS) is 22.9. The van der Waals surface area contributed by atoms with Gasteiger partial charge >= 0.3 is 12.1 Å². The number of hydrogen-bond donors (Lipinski definition) is 0. The maximum absolute atomic E-state index is 13.0. The lowest BCUT2D eigenvalue weighted by molar-refractivity contribution is -0.157. The lowest BCUT2D eigenvalue weighted by Gasteiger charge is -2.32. The van der Waals surface area contributed by atoms with E-state index in [-0.39, 0.29) is 30.7 Å². The number of piperidine rings is 1. The van der Waals surface area contributed by atoms with Crippen molar-refractivity contribution >= 4 is 17.5 Å². The average molecular weight is 408 g/mol. The van der Waals surface area contributed by atoms with E-state index in [0.29, 0.717) is 25.9 Å². The summed E-state index contributed by atoms with van der Waals surface area (Å²) in [5.41, 5.74) is 0.745. The summed E-state index contributed by atoms with van der Waals surface area (Å²) in [7, 11) is 0. The number of carbonyl (C=O) groups is 2. The number of carbonyl (C=O) groups excluding carboxylic acids is 2. The first-order valence-corrected chi connectivity index (χ1v) is 9.37. The van der Waals surface area contributed by atoms with Crippen LogP contribution in [0.25, 0.3) is 0 Å². The minimum atomic E-state index is -4.69. The predicted octanol–water partition coefficient (Wildman–Crippen LogP) is 2.85. The van der Waals surface area contributed by atoms with Crippen LogP contribution in [0.5, 0.6) is 0 Å². The fourth-order valence-electron chi connectivity index (χ4n) is 3.88. The maximum Gasteiger partial charge on any atom is 0.470 e. The smallest absolute Gasteiger partial charge is 0.417 e. The molecule has 0 bridgehead atoms. The van der Waals surface area contributed by atoms with Crippen molar-refractivity contribution in [2.75, 3.05) is 24.5 Å². The quantitative estimate of drug-likeness (QED) is 0.780. The highest BCUT2D eigenvalue weighted by molar-refractivity contribution is 6.00. The van der Waals surface area contributed by atoms with Crippen molar-refractivity contribution in [3.63, 3.8) is 0 Å². The number of benzene rings is 1. The van der Waals surface area contributed by atoms with Gasteiger partial charge in [0.2, 0.25) is 17.7 Å². The van der Waals surface area contributed by atoms with Crippen LogP contribution < -0.4 is 4.90 Å². The van der Waals surface area contributed by atoms with Crippen LogP contribution in [0.1, 0.15) is 37.0 Å². The molecule has 2 unspecified atom stereocenters. The van der Waals surface area contributed by atoms with Crippen LogP contribution in [0, 0.1) is 5.92 Å². The Kier molecular flexibility index (Phi) is 5.01. The first-order chi connectivity index (χ1) is 13.8. The van der Waals surface area contributed by atoms with Gasteiger partial charge in [-0.05, 0) is 25.0 Å². The zero-order valence-electron chi connectivity index (χ0n) is 15.4. The summed E-state index contributed by atoms with van der Waals surface area (Å²) in [6, 6.07) is 9.13. The van der Waals surface area contributed by atoms with Crippen LogP contribution >= 0.6 is 0 Å². The molecule has 2 fully saturated rings. The Morgan fingerprint density at radius 1 is 1.14 bits per heavy atom. The van der Waals surface area contributed by atoms with Crippen LogP contribution in [0.15, 0.2) is 34.7 Å². The molecule has 4 rings (SSSR count). The van der Waals surface area contributed by atoms with E-state index >= 15 is 0 Å². The molecule has 0 N–H and O–H groups in total. The van der Waals surface area contributed by atoms with Crippen molar-refractivity contribution in [1.29, 1.82) is 0 Å². The van der Waals surface area contributed by atoms with Crippen molar-refractivity contribution < 1.29 is 27.2 Å². The molecular formula is C19H19F3N4O3. The molecule has 2 aliphatic heterocycles. The first kappa shape index (κ1) is 19.4. The third-order valence-corrected chi connectivity index (χ3v) is 5.31. The molecule has 1 aromatic carbocycles. The Bertz CT molecular complexity index is 900. The van der Waals surface area contributed by atoms with Gasteiger partial charge in [-0.2, -0.15) is 13.2 Å². The summed E-state index contributed by atoms with van der Waals surface area (Å²) < 4.78 is 42.9. The van der Waals surface area contributed by atoms with Gasteiger partial charge in [-0.1, -0.05) is 18.2 Å². The number of anilines is 1. The van der Waals surface area contributed by atoms with Crippen molar-refractivity contribution in [1.82, 2.24) is 15.1 Å². The second kappa shape index (κ2) is 7.49. The summed E-state index contributed by atoms with van der Waals surface area (Å²) in [5.74, 6) is -2.69.